The summed E-state index contributed by atoms with van der Waals surface area (Å²) in [6.07, 6.45) is 6.80. The first-order valence-corrected chi connectivity index (χ1v) is 4.91. The maximum atomic E-state index is 8.30. The first-order chi connectivity index (χ1) is 6.83. The third-order valence-electron chi connectivity index (χ3n) is 1.44. The summed E-state index contributed by atoms with van der Waals surface area (Å²) in [4.78, 5) is 0. The van der Waals surface area contributed by atoms with Gasteiger partial charge in [0.05, 0.1) is 13.2 Å². The maximum Gasteiger partial charge on any atom is 0.0613 e. The van der Waals surface area contributed by atoms with Crippen molar-refractivity contribution in [2.24, 2.45) is 0 Å². The van der Waals surface area contributed by atoms with Crippen LogP contribution in [0.4, 0.5) is 0 Å². The molecule has 0 aliphatic heterocycles. The van der Waals surface area contributed by atoms with Crippen LogP contribution >= 0.6 is 0 Å². The zero-order valence-electron chi connectivity index (χ0n) is 8.60. The van der Waals surface area contributed by atoms with E-state index in [4.69, 9.17) is 20.4 Å². The van der Waals surface area contributed by atoms with Crippen LogP contribution < -0.4 is 0 Å². The van der Waals surface area contributed by atoms with Gasteiger partial charge in [0.2, 0.25) is 0 Å². The summed E-state index contributed by atoms with van der Waals surface area (Å²) < 4.78 is 0. The normalized spacial score (nSPS) is 10.0. The Kier molecular flexibility index (Phi) is 21.0. The van der Waals surface area contributed by atoms with Crippen molar-refractivity contribution >= 4 is 0 Å². The highest BCUT2D eigenvalue weighted by Crippen LogP contribution is 1.96. The van der Waals surface area contributed by atoms with E-state index in [9.17, 15) is 0 Å². The Morgan fingerprint density at radius 3 is 1.14 bits per heavy atom. The number of aliphatic hydroxyl groups excluding tert-OH is 4. The second-order valence-corrected chi connectivity index (χ2v) is 2.70. The summed E-state index contributed by atoms with van der Waals surface area (Å²) in [7, 11) is 0. The topological polar surface area (TPSA) is 80.9 Å². The molecule has 0 aromatic heterocycles. The van der Waals surface area contributed by atoms with Crippen LogP contribution in [-0.4, -0.2) is 46.9 Å². The number of hydrogen-bond acceptors (Lipinski definition) is 4. The van der Waals surface area contributed by atoms with Gasteiger partial charge in [0, 0.05) is 13.2 Å². The Morgan fingerprint density at radius 1 is 0.571 bits per heavy atom. The molecule has 0 amide bonds. The Bertz CT molecular complexity index is 92.3. The van der Waals surface area contributed by atoms with Crippen LogP contribution in [-0.2, 0) is 0 Å². The van der Waals surface area contributed by atoms with Crippen LogP contribution in [0.25, 0.3) is 0 Å². The predicted octanol–water partition coefficient (Wildman–Crippen LogP) is 0.0586. The van der Waals surface area contributed by atoms with Gasteiger partial charge >= 0.3 is 0 Å². The van der Waals surface area contributed by atoms with Crippen LogP contribution in [0.1, 0.15) is 25.7 Å². The van der Waals surface area contributed by atoms with Crippen LogP contribution in [0.2, 0.25) is 0 Å². The molecule has 0 aliphatic carbocycles. The molecular weight excluding hydrogens is 184 g/mol. The highest BCUT2D eigenvalue weighted by Gasteiger charge is 1.84. The maximum absolute atomic E-state index is 8.30. The highest BCUT2D eigenvalue weighted by atomic mass is 16.3. The molecule has 0 heterocycles. The lowest BCUT2D eigenvalue weighted by Crippen LogP contribution is -1.85. The minimum atomic E-state index is 0.0144. The lowest BCUT2D eigenvalue weighted by atomic mass is 10.2. The van der Waals surface area contributed by atoms with Gasteiger partial charge < -0.3 is 20.4 Å². The lowest BCUT2D eigenvalue weighted by Gasteiger charge is -1.93. The fourth-order valence-corrected chi connectivity index (χ4v) is 0.726. The highest BCUT2D eigenvalue weighted by molar-refractivity contribution is 4.78. The van der Waals surface area contributed by atoms with Gasteiger partial charge in [0.1, 0.15) is 0 Å². The van der Waals surface area contributed by atoms with Gasteiger partial charge in [-0.05, 0) is 12.8 Å². The fraction of sp³-hybridized carbons (Fsp3) is 0.800. The molecule has 0 aromatic rings. The number of aliphatic hydroxyl groups is 4. The third-order valence-corrected chi connectivity index (χ3v) is 1.44. The van der Waals surface area contributed by atoms with Crippen molar-refractivity contribution in [2.75, 3.05) is 26.4 Å². The minimum Gasteiger partial charge on any atom is -0.396 e. The summed E-state index contributed by atoms with van der Waals surface area (Å²) >= 11 is 0. The van der Waals surface area contributed by atoms with Crippen LogP contribution in [0.15, 0.2) is 12.2 Å². The van der Waals surface area contributed by atoms with Crippen molar-refractivity contribution < 1.29 is 20.4 Å². The molecule has 0 aliphatic rings. The molecule has 0 saturated carbocycles. The Labute approximate surface area is 85.5 Å². The zero-order valence-corrected chi connectivity index (χ0v) is 8.60. The predicted molar refractivity (Wildman–Crippen MR) is 56.0 cm³/mol. The number of hydrogen-bond donors (Lipinski definition) is 4. The zero-order chi connectivity index (χ0) is 11.1. The van der Waals surface area contributed by atoms with E-state index < -0.39 is 0 Å². The molecule has 0 fully saturated rings. The fourth-order valence-electron chi connectivity index (χ4n) is 0.726. The molecule has 0 bridgehead atoms. The second-order valence-electron chi connectivity index (χ2n) is 2.70. The SMILES string of the molecule is OCC=CCO.OCCCCCCO. The van der Waals surface area contributed by atoms with Crippen molar-refractivity contribution in [2.45, 2.75) is 25.7 Å². The van der Waals surface area contributed by atoms with E-state index in [2.05, 4.69) is 0 Å². The van der Waals surface area contributed by atoms with Gasteiger partial charge in [0.15, 0.2) is 0 Å². The van der Waals surface area contributed by atoms with E-state index in [0.29, 0.717) is 0 Å². The van der Waals surface area contributed by atoms with Crippen LogP contribution in [0.5, 0.6) is 0 Å². The van der Waals surface area contributed by atoms with Gasteiger partial charge in [0.25, 0.3) is 0 Å². The van der Waals surface area contributed by atoms with Crippen molar-refractivity contribution in [1.82, 2.24) is 0 Å². The van der Waals surface area contributed by atoms with E-state index in [1.807, 2.05) is 0 Å². The van der Waals surface area contributed by atoms with Crippen molar-refractivity contribution in [3.8, 4) is 0 Å². The molecule has 0 radical (unpaired) electrons. The summed E-state index contributed by atoms with van der Waals surface area (Å²) in [6.45, 7) is 0.595. The first kappa shape index (κ1) is 16.0. The molecule has 0 saturated heterocycles. The molecule has 14 heavy (non-hydrogen) atoms. The standard InChI is InChI=1S/C6H14O2.C4H8O2/c7-5-3-1-2-4-6-8;5-3-1-2-4-6/h7-8H,1-6H2;1-2,5-6H,3-4H2. The molecule has 4 N–H and O–H groups in total. The van der Waals surface area contributed by atoms with Gasteiger partial charge in [-0.3, -0.25) is 0 Å². The van der Waals surface area contributed by atoms with Gasteiger partial charge in [-0.2, -0.15) is 0 Å². The number of unbranched alkanes of at least 4 members (excludes halogenated alkanes) is 3. The van der Waals surface area contributed by atoms with Gasteiger partial charge in [-0.15, -0.1) is 0 Å². The van der Waals surface area contributed by atoms with E-state index in [1.54, 1.807) is 0 Å². The molecule has 0 aromatic carbocycles. The summed E-state index contributed by atoms with van der Waals surface area (Å²) in [6, 6.07) is 0. The van der Waals surface area contributed by atoms with Crippen LogP contribution in [0.3, 0.4) is 0 Å². The monoisotopic (exact) mass is 206 g/mol. The average molecular weight is 206 g/mol. The largest absolute Gasteiger partial charge is 0.396 e. The molecule has 4 heteroatoms. The van der Waals surface area contributed by atoms with E-state index >= 15 is 0 Å². The summed E-state index contributed by atoms with van der Waals surface area (Å²) in [5.41, 5.74) is 0. The summed E-state index contributed by atoms with van der Waals surface area (Å²) in [5.74, 6) is 0. The van der Waals surface area contributed by atoms with Crippen molar-refractivity contribution in [1.29, 1.82) is 0 Å². The molecule has 0 spiro atoms. The van der Waals surface area contributed by atoms with E-state index in [1.165, 1.54) is 12.2 Å². The third kappa shape index (κ3) is 22.6. The molecule has 0 unspecified atom stereocenters. The molecule has 0 atom stereocenters. The smallest absolute Gasteiger partial charge is 0.0613 e. The first-order valence-electron chi connectivity index (χ1n) is 4.91. The Hall–Kier alpha value is -0.420. The molecular formula is C10H22O4. The van der Waals surface area contributed by atoms with E-state index in [0.717, 1.165) is 25.7 Å². The van der Waals surface area contributed by atoms with Gasteiger partial charge in [-0.1, -0.05) is 25.0 Å². The molecule has 4 nitrogen and oxygen atoms in total. The minimum absolute atomic E-state index is 0.0144. The second kappa shape index (κ2) is 18.4. The van der Waals surface area contributed by atoms with Gasteiger partial charge in [-0.25, -0.2) is 0 Å². The molecule has 0 rings (SSSR count). The van der Waals surface area contributed by atoms with Crippen molar-refractivity contribution in [3.63, 3.8) is 0 Å². The summed E-state index contributed by atoms with van der Waals surface area (Å²) in [5, 5.41) is 32.6. The van der Waals surface area contributed by atoms with Crippen LogP contribution in [0, 0.1) is 0 Å². The Morgan fingerprint density at radius 2 is 0.929 bits per heavy atom. The number of rotatable bonds is 7. The van der Waals surface area contributed by atoms with Crippen molar-refractivity contribution in [3.05, 3.63) is 12.2 Å². The van der Waals surface area contributed by atoms with E-state index in [-0.39, 0.29) is 26.4 Å². The Balaban J connectivity index is 0. The molecule has 86 valence electrons. The average Bonchev–Trinajstić information content (AvgIpc) is 2.22. The quantitative estimate of drug-likeness (QED) is 0.351. The lowest BCUT2D eigenvalue weighted by molar-refractivity contribution is 0.265.